The van der Waals surface area contributed by atoms with Crippen LogP contribution in [0.25, 0.3) is 0 Å². The van der Waals surface area contributed by atoms with Crippen LogP contribution in [0.5, 0.6) is 5.75 Å². The second-order valence-corrected chi connectivity index (χ2v) is 6.95. The first-order valence-electron chi connectivity index (χ1n) is 7.68. The number of benzene rings is 1. The summed E-state index contributed by atoms with van der Waals surface area (Å²) in [6.45, 7) is 7.98. The molecule has 2 nitrogen and oxygen atoms in total. The maximum absolute atomic E-state index is 12.6. The van der Waals surface area contributed by atoms with Crippen LogP contribution in [0.4, 0.5) is 13.2 Å². The number of likely N-dealkylation sites (tertiary alicyclic amines) is 1. The van der Waals surface area contributed by atoms with Gasteiger partial charge in [-0.1, -0.05) is 32.9 Å². The quantitative estimate of drug-likeness (QED) is 0.824. The van der Waals surface area contributed by atoms with E-state index in [2.05, 4.69) is 20.8 Å². The largest absolute Gasteiger partial charge is 0.492 e. The van der Waals surface area contributed by atoms with Gasteiger partial charge in [-0.25, -0.2) is 0 Å². The average molecular weight is 315 g/mol. The molecule has 1 aliphatic heterocycles. The van der Waals surface area contributed by atoms with E-state index in [4.69, 9.17) is 4.74 Å². The van der Waals surface area contributed by atoms with Crippen molar-refractivity contribution in [2.45, 2.75) is 38.8 Å². The van der Waals surface area contributed by atoms with Gasteiger partial charge in [-0.3, -0.25) is 4.90 Å². The number of hydrogen-bond donors (Lipinski definition) is 0. The summed E-state index contributed by atoms with van der Waals surface area (Å²) in [4.78, 5) is 1.82. The molecule has 2 rings (SSSR count). The van der Waals surface area contributed by atoms with Crippen molar-refractivity contribution in [2.75, 3.05) is 26.2 Å². The van der Waals surface area contributed by atoms with Crippen LogP contribution in [-0.2, 0) is 5.41 Å². The Balaban J connectivity index is 1.76. The molecule has 22 heavy (non-hydrogen) atoms. The van der Waals surface area contributed by atoms with Gasteiger partial charge in [0, 0.05) is 13.1 Å². The van der Waals surface area contributed by atoms with Crippen molar-refractivity contribution in [3.05, 3.63) is 29.8 Å². The Morgan fingerprint density at radius 3 is 2.27 bits per heavy atom. The number of rotatable bonds is 4. The highest BCUT2D eigenvalue weighted by molar-refractivity contribution is 5.31. The van der Waals surface area contributed by atoms with Gasteiger partial charge in [0.05, 0.1) is 5.92 Å². The molecule has 1 heterocycles. The van der Waals surface area contributed by atoms with Crippen LogP contribution in [0, 0.1) is 5.92 Å². The summed E-state index contributed by atoms with van der Waals surface area (Å²) in [6, 6.07) is 7.90. The van der Waals surface area contributed by atoms with Gasteiger partial charge in [0.1, 0.15) is 12.4 Å². The van der Waals surface area contributed by atoms with Crippen molar-refractivity contribution in [3.8, 4) is 5.75 Å². The van der Waals surface area contributed by atoms with E-state index in [1.807, 2.05) is 29.2 Å². The van der Waals surface area contributed by atoms with Crippen LogP contribution in [0.1, 0.15) is 32.8 Å². The lowest BCUT2D eigenvalue weighted by molar-refractivity contribution is -0.170. The summed E-state index contributed by atoms with van der Waals surface area (Å²) in [5.74, 6) is -0.418. The minimum Gasteiger partial charge on any atom is -0.492 e. The Kier molecular flexibility index (Phi) is 5.05. The molecule has 1 atom stereocenters. The first-order valence-corrected chi connectivity index (χ1v) is 7.68. The van der Waals surface area contributed by atoms with Crippen LogP contribution in [-0.4, -0.2) is 37.3 Å². The number of alkyl halides is 3. The molecule has 1 saturated heterocycles. The minimum absolute atomic E-state index is 0.0931. The number of hydrogen-bond acceptors (Lipinski definition) is 2. The molecule has 1 aromatic rings. The number of nitrogens with zero attached hydrogens (tertiary/aromatic N) is 1. The highest BCUT2D eigenvalue weighted by Gasteiger charge is 2.43. The molecule has 1 aliphatic rings. The predicted octanol–water partition coefficient (Wildman–Crippen LogP) is 4.25. The Hall–Kier alpha value is -1.23. The fraction of sp³-hybridized carbons (Fsp3) is 0.647. The summed E-state index contributed by atoms with van der Waals surface area (Å²) >= 11 is 0. The second kappa shape index (κ2) is 6.49. The standard InChI is InChI=1S/C17H24F3NO/c1-16(2,3)13-4-6-15(7-5-13)22-11-10-21-9-8-14(12-21)17(18,19)20/h4-7,14H,8-12H2,1-3H3/t14-/m0/s1. The molecule has 0 radical (unpaired) electrons. The summed E-state index contributed by atoms with van der Waals surface area (Å²) in [5.41, 5.74) is 1.33. The maximum Gasteiger partial charge on any atom is 0.393 e. The predicted molar refractivity (Wildman–Crippen MR) is 81.2 cm³/mol. The molecule has 1 fully saturated rings. The lowest BCUT2D eigenvalue weighted by Crippen LogP contribution is -2.30. The normalized spacial score (nSPS) is 20.4. The zero-order valence-electron chi connectivity index (χ0n) is 13.4. The van der Waals surface area contributed by atoms with Crippen molar-refractivity contribution in [1.82, 2.24) is 4.90 Å². The van der Waals surface area contributed by atoms with Gasteiger partial charge in [-0.15, -0.1) is 0 Å². The maximum atomic E-state index is 12.6. The molecule has 0 aromatic heterocycles. The molecular formula is C17H24F3NO. The third-order valence-electron chi connectivity index (χ3n) is 4.13. The fourth-order valence-corrected chi connectivity index (χ4v) is 2.65. The van der Waals surface area contributed by atoms with E-state index < -0.39 is 12.1 Å². The van der Waals surface area contributed by atoms with Gasteiger partial charge < -0.3 is 4.74 Å². The van der Waals surface area contributed by atoms with Crippen molar-refractivity contribution in [1.29, 1.82) is 0 Å². The highest BCUT2D eigenvalue weighted by Crippen LogP contribution is 2.33. The zero-order valence-corrected chi connectivity index (χ0v) is 13.4. The molecule has 0 unspecified atom stereocenters. The summed E-state index contributed by atoms with van der Waals surface area (Å²) in [7, 11) is 0. The van der Waals surface area contributed by atoms with Crippen molar-refractivity contribution >= 4 is 0 Å². The van der Waals surface area contributed by atoms with Gasteiger partial charge in [-0.2, -0.15) is 13.2 Å². The summed E-state index contributed by atoms with van der Waals surface area (Å²) in [6.07, 6.45) is -3.87. The Morgan fingerprint density at radius 2 is 1.77 bits per heavy atom. The lowest BCUT2D eigenvalue weighted by atomic mass is 9.87. The van der Waals surface area contributed by atoms with Crippen LogP contribution >= 0.6 is 0 Å². The Morgan fingerprint density at radius 1 is 1.14 bits per heavy atom. The van der Waals surface area contributed by atoms with Gasteiger partial charge in [0.2, 0.25) is 0 Å². The molecule has 0 amide bonds. The molecule has 1 aromatic carbocycles. The van der Waals surface area contributed by atoms with E-state index in [0.29, 0.717) is 19.7 Å². The number of halogens is 3. The lowest BCUT2D eigenvalue weighted by Gasteiger charge is -2.20. The van der Waals surface area contributed by atoms with Crippen LogP contribution in [0.3, 0.4) is 0 Å². The van der Waals surface area contributed by atoms with Crippen LogP contribution in [0.2, 0.25) is 0 Å². The Labute approximate surface area is 130 Å². The number of ether oxygens (including phenoxy) is 1. The fourth-order valence-electron chi connectivity index (χ4n) is 2.65. The van der Waals surface area contributed by atoms with Gasteiger partial charge >= 0.3 is 6.18 Å². The van der Waals surface area contributed by atoms with Crippen LogP contribution in [0.15, 0.2) is 24.3 Å². The minimum atomic E-state index is -4.07. The van der Waals surface area contributed by atoms with Gasteiger partial charge in [0.25, 0.3) is 0 Å². The molecular weight excluding hydrogens is 291 g/mol. The molecule has 124 valence electrons. The highest BCUT2D eigenvalue weighted by atomic mass is 19.4. The van der Waals surface area contributed by atoms with E-state index in [1.165, 1.54) is 5.56 Å². The van der Waals surface area contributed by atoms with Gasteiger partial charge in [0.15, 0.2) is 0 Å². The molecule has 5 heteroatoms. The van der Waals surface area contributed by atoms with Crippen molar-refractivity contribution in [3.63, 3.8) is 0 Å². The van der Waals surface area contributed by atoms with E-state index in [-0.39, 0.29) is 18.4 Å². The summed E-state index contributed by atoms with van der Waals surface area (Å²) < 4.78 is 43.4. The van der Waals surface area contributed by atoms with E-state index >= 15 is 0 Å². The molecule has 0 spiro atoms. The second-order valence-electron chi connectivity index (χ2n) is 6.95. The average Bonchev–Trinajstić information content (AvgIpc) is 2.87. The molecule has 0 saturated carbocycles. The molecule has 0 aliphatic carbocycles. The van der Waals surface area contributed by atoms with Crippen LogP contribution < -0.4 is 4.74 Å². The summed E-state index contributed by atoms with van der Waals surface area (Å²) in [5, 5.41) is 0. The van der Waals surface area contributed by atoms with Gasteiger partial charge in [-0.05, 0) is 36.1 Å². The van der Waals surface area contributed by atoms with E-state index in [0.717, 1.165) is 5.75 Å². The van der Waals surface area contributed by atoms with E-state index in [1.54, 1.807) is 0 Å². The SMILES string of the molecule is CC(C)(C)c1ccc(OCCN2CC[C@H](C(F)(F)F)C2)cc1. The van der Waals surface area contributed by atoms with Crippen molar-refractivity contribution < 1.29 is 17.9 Å². The van der Waals surface area contributed by atoms with E-state index in [9.17, 15) is 13.2 Å². The topological polar surface area (TPSA) is 12.5 Å². The zero-order chi connectivity index (χ0) is 16.4. The monoisotopic (exact) mass is 315 g/mol. The Bertz CT molecular complexity index is 476. The third kappa shape index (κ3) is 4.63. The smallest absolute Gasteiger partial charge is 0.393 e. The first-order chi connectivity index (χ1) is 10.2. The molecule has 0 bridgehead atoms. The first kappa shape index (κ1) is 17.1. The van der Waals surface area contributed by atoms with Crippen molar-refractivity contribution in [2.24, 2.45) is 5.92 Å². The molecule has 0 N–H and O–H groups in total. The third-order valence-corrected chi connectivity index (χ3v) is 4.13.